The molecular formula is C21H20N4O5S. The molecule has 4 aromatic rings. The quantitative estimate of drug-likeness (QED) is 0.488. The van der Waals surface area contributed by atoms with Gasteiger partial charge in [-0.25, -0.2) is 13.2 Å². The highest BCUT2D eigenvalue weighted by Crippen LogP contribution is 2.38. The van der Waals surface area contributed by atoms with Crippen molar-refractivity contribution in [2.75, 3.05) is 4.72 Å². The van der Waals surface area contributed by atoms with Gasteiger partial charge in [-0.3, -0.25) is 9.29 Å². The van der Waals surface area contributed by atoms with E-state index < -0.39 is 15.8 Å². The van der Waals surface area contributed by atoms with Crippen LogP contribution in [0, 0.1) is 13.8 Å². The second kappa shape index (κ2) is 7.09. The fourth-order valence-electron chi connectivity index (χ4n) is 3.35. The van der Waals surface area contributed by atoms with Gasteiger partial charge in [0, 0.05) is 17.7 Å². The lowest BCUT2D eigenvalue weighted by molar-refractivity contribution is 0.372. The van der Waals surface area contributed by atoms with Crippen molar-refractivity contribution >= 4 is 26.8 Å². The molecule has 1 saturated carbocycles. The Balaban J connectivity index is 1.44. The topological polar surface area (TPSA) is 120 Å². The number of sulfonamides is 1. The first-order valence-corrected chi connectivity index (χ1v) is 11.3. The van der Waals surface area contributed by atoms with Crippen LogP contribution in [0.2, 0.25) is 0 Å². The summed E-state index contributed by atoms with van der Waals surface area (Å²) in [6.07, 6.45) is 2.06. The molecule has 0 unspecified atom stereocenters. The van der Waals surface area contributed by atoms with Gasteiger partial charge in [-0.2, -0.15) is 4.98 Å². The van der Waals surface area contributed by atoms with Crippen LogP contribution in [0.1, 0.15) is 41.6 Å². The number of nitrogens with one attached hydrogen (secondary N) is 1. The number of fused-ring (bicyclic) bond motifs is 1. The third kappa shape index (κ3) is 3.74. The molecule has 0 saturated heterocycles. The molecular weight excluding hydrogens is 420 g/mol. The van der Waals surface area contributed by atoms with Crippen LogP contribution in [0.25, 0.3) is 11.1 Å². The summed E-state index contributed by atoms with van der Waals surface area (Å²) >= 11 is 0. The van der Waals surface area contributed by atoms with E-state index in [4.69, 9.17) is 8.94 Å². The summed E-state index contributed by atoms with van der Waals surface area (Å²) in [6, 6.07) is 9.63. The second-order valence-electron chi connectivity index (χ2n) is 7.81. The van der Waals surface area contributed by atoms with Crippen LogP contribution >= 0.6 is 0 Å². The minimum Gasteiger partial charge on any atom is -0.408 e. The molecule has 2 heterocycles. The third-order valence-electron chi connectivity index (χ3n) is 5.42. The van der Waals surface area contributed by atoms with E-state index in [0.29, 0.717) is 28.8 Å². The molecule has 0 aliphatic heterocycles. The van der Waals surface area contributed by atoms with E-state index >= 15 is 0 Å². The van der Waals surface area contributed by atoms with E-state index in [1.54, 1.807) is 12.1 Å². The van der Waals surface area contributed by atoms with Gasteiger partial charge in [0.05, 0.1) is 17.0 Å². The molecule has 0 bridgehead atoms. The van der Waals surface area contributed by atoms with E-state index in [-0.39, 0.29) is 17.0 Å². The van der Waals surface area contributed by atoms with Crippen molar-refractivity contribution < 1.29 is 17.4 Å². The van der Waals surface area contributed by atoms with Gasteiger partial charge in [0.15, 0.2) is 11.4 Å². The number of anilines is 1. The Bertz CT molecular complexity index is 1460. The van der Waals surface area contributed by atoms with Crippen molar-refractivity contribution in [3.63, 3.8) is 0 Å². The van der Waals surface area contributed by atoms with E-state index in [1.165, 1.54) is 22.8 Å². The van der Waals surface area contributed by atoms with Crippen LogP contribution in [0.5, 0.6) is 0 Å². The summed E-state index contributed by atoms with van der Waals surface area (Å²) in [4.78, 5) is 16.7. The molecule has 0 spiro atoms. The second-order valence-corrected chi connectivity index (χ2v) is 9.49. The standard InChI is InChI=1S/C21H20N4O5S/c1-12-3-6-15(9-13(12)2)24-31(27,28)16-7-8-17-18(10-16)29-21(26)25(17)11-19-22-20(30-23-19)14-4-5-14/h3,6-10,14,24H,4-5,11H2,1-2H3. The number of nitrogens with zero attached hydrogens (tertiary/aromatic N) is 3. The lowest BCUT2D eigenvalue weighted by Crippen LogP contribution is -2.15. The maximum absolute atomic E-state index is 12.8. The van der Waals surface area contributed by atoms with E-state index in [2.05, 4.69) is 14.9 Å². The molecule has 31 heavy (non-hydrogen) atoms. The predicted octanol–water partition coefficient (Wildman–Crippen LogP) is 3.32. The molecule has 1 N–H and O–H groups in total. The summed E-state index contributed by atoms with van der Waals surface area (Å²) in [7, 11) is -3.86. The number of oxazole rings is 1. The molecule has 9 nitrogen and oxygen atoms in total. The third-order valence-corrected chi connectivity index (χ3v) is 6.80. The maximum Gasteiger partial charge on any atom is 0.420 e. The zero-order valence-corrected chi connectivity index (χ0v) is 17.8. The molecule has 1 fully saturated rings. The van der Waals surface area contributed by atoms with Crippen LogP contribution in [0.4, 0.5) is 5.69 Å². The van der Waals surface area contributed by atoms with Gasteiger partial charge < -0.3 is 8.94 Å². The fraction of sp³-hybridized carbons (Fsp3) is 0.286. The van der Waals surface area contributed by atoms with Crippen LogP contribution in [0.3, 0.4) is 0 Å². The molecule has 5 rings (SSSR count). The van der Waals surface area contributed by atoms with Crippen molar-refractivity contribution in [3.8, 4) is 0 Å². The molecule has 0 amide bonds. The molecule has 1 aliphatic rings. The van der Waals surface area contributed by atoms with E-state index in [1.807, 2.05) is 19.9 Å². The summed E-state index contributed by atoms with van der Waals surface area (Å²) in [5.74, 6) is 0.655. The minimum absolute atomic E-state index is 0.00490. The van der Waals surface area contributed by atoms with Gasteiger partial charge >= 0.3 is 5.76 Å². The maximum atomic E-state index is 12.8. The van der Waals surface area contributed by atoms with Gasteiger partial charge in [0.2, 0.25) is 5.89 Å². The van der Waals surface area contributed by atoms with Gasteiger partial charge in [-0.05, 0) is 62.1 Å². The predicted molar refractivity (Wildman–Crippen MR) is 113 cm³/mol. The molecule has 160 valence electrons. The lowest BCUT2D eigenvalue weighted by Gasteiger charge is -2.10. The SMILES string of the molecule is Cc1ccc(NS(=O)(=O)c2ccc3c(c2)oc(=O)n3Cc2noc(C3CC3)n2)cc1C. The summed E-state index contributed by atoms with van der Waals surface area (Å²) in [5, 5.41) is 3.92. The molecule has 2 aromatic carbocycles. The Morgan fingerprint density at radius 2 is 1.94 bits per heavy atom. The number of rotatable bonds is 6. The van der Waals surface area contributed by atoms with Crippen LogP contribution in [-0.2, 0) is 16.6 Å². The van der Waals surface area contributed by atoms with Crippen molar-refractivity contribution in [3.05, 3.63) is 69.8 Å². The number of aromatic nitrogens is 3. The monoisotopic (exact) mass is 440 g/mol. The molecule has 2 aromatic heterocycles. The van der Waals surface area contributed by atoms with E-state index in [9.17, 15) is 13.2 Å². The number of benzene rings is 2. The van der Waals surface area contributed by atoms with E-state index in [0.717, 1.165) is 24.0 Å². The zero-order valence-electron chi connectivity index (χ0n) is 17.0. The first-order chi connectivity index (χ1) is 14.8. The number of hydrogen-bond donors (Lipinski definition) is 1. The lowest BCUT2D eigenvalue weighted by atomic mass is 10.1. The van der Waals surface area contributed by atoms with Crippen LogP contribution in [-0.4, -0.2) is 23.1 Å². The molecule has 0 radical (unpaired) electrons. The number of hydrogen-bond acceptors (Lipinski definition) is 7. The first-order valence-electron chi connectivity index (χ1n) is 9.86. The van der Waals surface area contributed by atoms with Gasteiger partial charge in [-0.1, -0.05) is 11.2 Å². The van der Waals surface area contributed by atoms with Gasteiger partial charge in [0.25, 0.3) is 10.0 Å². The van der Waals surface area contributed by atoms with Crippen LogP contribution in [0.15, 0.2) is 55.0 Å². The molecule has 0 atom stereocenters. The highest BCUT2D eigenvalue weighted by atomic mass is 32.2. The fourth-order valence-corrected chi connectivity index (χ4v) is 4.42. The first kappa shape index (κ1) is 19.6. The van der Waals surface area contributed by atoms with Crippen molar-refractivity contribution in [1.82, 2.24) is 14.7 Å². The summed E-state index contributed by atoms with van der Waals surface area (Å²) < 4.78 is 40.1. The Labute approximate surface area is 177 Å². The van der Waals surface area contributed by atoms with Crippen molar-refractivity contribution in [2.24, 2.45) is 0 Å². The Hall–Kier alpha value is -3.40. The Morgan fingerprint density at radius 3 is 2.68 bits per heavy atom. The zero-order chi connectivity index (χ0) is 21.8. The van der Waals surface area contributed by atoms with Crippen molar-refractivity contribution in [2.45, 2.75) is 44.0 Å². The summed E-state index contributed by atoms with van der Waals surface area (Å²) in [6.45, 7) is 3.94. The Kier molecular flexibility index (Phi) is 4.47. The average Bonchev–Trinajstić information content (AvgIpc) is 3.39. The normalized spacial score (nSPS) is 14.3. The Morgan fingerprint density at radius 1 is 1.13 bits per heavy atom. The average molecular weight is 440 g/mol. The van der Waals surface area contributed by atoms with Gasteiger partial charge in [0.1, 0.15) is 0 Å². The molecule has 1 aliphatic carbocycles. The highest BCUT2D eigenvalue weighted by Gasteiger charge is 2.29. The van der Waals surface area contributed by atoms with Crippen LogP contribution < -0.4 is 10.5 Å². The van der Waals surface area contributed by atoms with Crippen molar-refractivity contribution in [1.29, 1.82) is 0 Å². The summed E-state index contributed by atoms with van der Waals surface area (Å²) in [5.41, 5.74) is 3.13. The largest absolute Gasteiger partial charge is 0.420 e. The van der Waals surface area contributed by atoms with Gasteiger partial charge in [-0.15, -0.1) is 0 Å². The minimum atomic E-state index is -3.86. The highest BCUT2D eigenvalue weighted by molar-refractivity contribution is 7.92. The molecule has 10 heteroatoms. The smallest absolute Gasteiger partial charge is 0.408 e. The number of aryl methyl sites for hydroxylation is 2.